The van der Waals surface area contributed by atoms with E-state index in [1.54, 1.807) is 0 Å². The zero-order chi connectivity index (χ0) is 8.59. The van der Waals surface area contributed by atoms with Crippen LogP contribution in [0.3, 0.4) is 0 Å². The Morgan fingerprint density at radius 3 is 2.36 bits per heavy atom. The lowest BCUT2D eigenvalue weighted by Gasteiger charge is -1.86. The molecular weight excluding hydrogens is 150 g/mol. The number of aromatic nitrogens is 3. The first-order valence-corrected chi connectivity index (χ1v) is 2.77. The maximum absolute atomic E-state index is 10.9. The average Bonchev–Trinajstić information content (AvgIpc) is 2.17. The number of amides is 1. The third-order valence-corrected chi connectivity index (χ3v) is 1.19. The number of nitrogens with two attached hydrogens (primary N) is 2. The summed E-state index contributed by atoms with van der Waals surface area (Å²) in [6, 6.07) is -0.942. The lowest BCUT2D eigenvalue weighted by Crippen LogP contribution is -2.36. The van der Waals surface area contributed by atoms with Gasteiger partial charge in [-0.3, -0.25) is 0 Å². The van der Waals surface area contributed by atoms with Gasteiger partial charge in [-0.2, -0.15) is 4.68 Å². The van der Waals surface area contributed by atoms with Crippen molar-refractivity contribution in [1.82, 2.24) is 14.5 Å². The van der Waals surface area contributed by atoms with Crippen molar-refractivity contribution in [2.75, 3.05) is 5.84 Å². The molecule has 0 aromatic carbocycles. The first-order valence-electron chi connectivity index (χ1n) is 2.77. The van der Waals surface area contributed by atoms with Crippen molar-refractivity contribution in [2.24, 2.45) is 5.73 Å². The average molecular weight is 157 g/mol. The fourth-order valence-corrected chi connectivity index (χ4v) is 0.620. The first-order chi connectivity index (χ1) is 5.04. The standard InChI is InChI=1S/C4H7N5O2/c1-2-7-9(3(5)10)4(11)8(2)6/h6H2,1H3,(H2,5,10). The van der Waals surface area contributed by atoms with Gasteiger partial charge in [-0.05, 0) is 6.92 Å². The Balaban J connectivity index is 3.42. The van der Waals surface area contributed by atoms with Crippen LogP contribution >= 0.6 is 0 Å². The van der Waals surface area contributed by atoms with E-state index in [4.69, 9.17) is 11.6 Å². The molecular formula is C4H7N5O2. The lowest BCUT2D eigenvalue weighted by molar-refractivity contribution is 0.246. The van der Waals surface area contributed by atoms with E-state index in [1.165, 1.54) is 6.92 Å². The number of nitrogens with zero attached hydrogens (tertiary/aromatic N) is 3. The van der Waals surface area contributed by atoms with Gasteiger partial charge >= 0.3 is 11.7 Å². The number of nitrogen functional groups attached to an aromatic ring is 1. The molecule has 1 aromatic heterocycles. The highest BCUT2D eigenvalue weighted by Gasteiger charge is 2.09. The Bertz CT molecular complexity index is 348. The summed E-state index contributed by atoms with van der Waals surface area (Å²) in [5.41, 5.74) is 4.05. The molecule has 0 aliphatic rings. The topological polar surface area (TPSA) is 109 Å². The van der Waals surface area contributed by atoms with Crippen LogP contribution in [0.1, 0.15) is 5.82 Å². The number of aryl methyl sites for hydroxylation is 1. The van der Waals surface area contributed by atoms with Crippen LogP contribution in [0.5, 0.6) is 0 Å². The van der Waals surface area contributed by atoms with E-state index in [2.05, 4.69) is 5.10 Å². The molecule has 1 aromatic rings. The van der Waals surface area contributed by atoms with Gasteiger partial charge in [0, 0.05) is 0 Å². The molecule has 1 rings (SSSR count). The molecule has 0 fully saturated rings. The smallest absolute Gasteiger partial charge is 0.350 e. The van der Waals surface area contributed by atoms with Crippen LogP contribution in [0, 0.1) is 6.92 Å². The van der Waals surface area contributed by atoms with Gasteiger partial charge in [0.15, 0.2) is 5.82 Å². The molecule has 0 spiro atoms. The van der Waals surface area contributed by atoms with Gasteiger partial charge in [0.1, 0.15) is 0 Å². The highest BCUT2D eigenvalue weighted by molar-refractivity contribution is 5.73. The van der Waals surface area contributed by atoms with Crippen molar-refractivity contribution in [2.45, 2.75) is 6.92 Å². The van der Waals surface area contributed by atoms with Crippen molar-refractivity contribution in [3.8, 4) is 0 Å². The molecule has 1 heterocycles. The van der Waals surface area contributed by atoms with Gasteiger partial charge in [0.05, 0.1) is 0 Å². The molecule has 4 N–H and O–H groups in total. The van der Waals surface area contributed by atoms with E-state index >= 15 is 0 Å². The molecule has 1 amide bonds. The fourth-order valence-electron chi connectivity index (χ4n) is 0.620. The van der Waals surface area contributed by atoms with Gasteiger partial charge in [0.2, 0.25) is 0 Å². The van der Waals surface area contributed by atoms with Crippen molar-refractivity contribution in [3.63, 3.8) is 0 Å². The summed E-state index contributed by atoms with van der Waals surface area (Å²) in [6.45, 7) is 1.49. The largest absolute Gasteiger partial charge is 0.373 e. The minimum Gasteiger partial charge on any atom is -0.350 e. The molecule has 7 nitrogen and oxygen atoms in total. The van der Waals surface area contributed by atoms with Crippen LogP contribution in [0.2, 0.25) is 0 Å². The maximum Gasteiger partial charge on any atom is 0.373 e. The van der Waals surface area contributed by atoms with Crippen molar-refractivity contribution in [3.05, 3.63) is 16.3 Å². The summed E-state index contributed by atoms with van der Waals surface area (Å²) >= 11 is 0. The van der Waals surface area contributed by atoms with E-state index in [1.807, 2.05) is 0 Å². The molecule has 0 aliphatic heterocycles. The molecule has 0 atom stereocenters. The van der Waals surface area contributed by atoms with E-state index < -0.39 is 11.7 Å². The zero-order valence-electron chi connectivity index (χ0n) is 5.81. The Kier molecular flexibility index (Phi) is 1.41. The summed E-state index contributed by atoms with van der Waals surface area (Å²) in [5.74, 6) is 5.38. The Morgan fingerprint density at radius 1 is 1.64 bits per heavy atom. The van der Waals surface area contributed by atoms with Crippen LogP contribution < -0.4 is 17.3 Å². The monoisotopic (exact) mass is 157 g/mol. The number of primary amides is 1. The molecule has 0 radical (unpaired) electrons. The number of carbonyl (C=O) groups is 1. The Hall–Kier alpha value is -1.79. The van der Waals surface area contributed by atoms with Crippen LogP contribution in [0.4, 0.5) is 4.79 Å². The second kappa shape index (κ2) is 2.11. The summed E-state index contributed by atoms with van der Waals surface area (Å²) in [6.07, 6.45) is 0. The van der Waals surface area contributed by atoms with Crippen molar-refractivity contribution >= 4 is 6.03 Å². The van der Waals surface area contributed by atoms with Gasteiger partial charge in [-0.25, -0.2) is 9.59 Å². The predicted octanol–water partition coefficient (Wildman–Crippen LogP) is -2.01. The van der Waals surface area contributed by atoms with E-state index in [-0.39, 0.29) is 5.82 Å². The summed E-state index contributed by atoms with van der Waals surface area (Å²) in [7, 11) is 0. The maximum atomic E-state index is 10.9. The number of carbonyl (C=O) groups excluding carboxylic acids is 1. The van der Waals surface area contributed by atoms with Crippen LogP contribution in [0.25, 0.3) is 0 Å². The second-order valence-electron chi connectivity index (χ2n) is 1.95. The van der Waals surface area contributed by atoms with Crippen LogP contribution in [0.15, 0.2) is 4.79 Å². The van der Waals surface area contributed by atoms with E-state index in [9.17, 15) is 9.59 Å². The first kappa shape index (κ1) is 7.32. The minimum absolute atomic E-state index is 0.230. The molecule has 7 heteroatoms. The number of hydrogen-bond acceptors (Lipinski definition) is 4. The molecule has 60 valence electrons. The zero-order valence-corrected chi connectivity index (χ0v) is 5.81. The minimum atomic E-state index is -0.942. The fraction of sp³-hybridized carbons (Fsp3) is 0.250. The summed E-state index contributed by atoms with van der Waals surface area (Å²) < 4.78 is 1.24. The second-order valence-corrected chi connectivity index (χ2v) is 1.95. The van der Waals surface area contributed by atoms with Gasteiger partial charge in [0.25, 0.3) is 0 Å². The molecule has 0 saturated heterocycles. The molecule has 0 saturated carbocycles. The van der Waals surface area contributed by atoms with Gasteiger partial charge in [-0.15, -0.1) is 9.78 Å². The molecule has 0 aliphatic carbocycles. The van der Waals surface area contributed by atoms with Gasteiger partial charge < -0.3 is 11.6 Å². The quantitative estimate of drug-likeness (QED) is 0.424. The lowest BCUT2D eigenvalue weighted by atomic mass is 10.7. The van der Waals surface area contributed by atoms with E-state index in [0.29, 0.717) is 4.68 Å². The Morgan fingerprint density at radius 2 is 2.18 bits per heavy atom. The normalized spacial score (nSPS) is 9.91. The molecule has 11 heavy (non-hydrogen) atoms. The third kappa shape index (κ3) is 0.955. The van der Waals surface area contributed by atoms with E-state index in [0.717, 1.165) is 4.68 Å². The van der Waals surface area contributed by atoms with Crippen molar-refractivity contribution in [1.29, 1.82) is 0 Å². The molecule has 0 bridgehead atoms. The summed E-state index contributed by atoms with van der Waals surface area (Å²) in [5, 5.41) is 3.48. The van der Waals surface area contributed by atoms with Crippen molar-refractivity contribution < 1.29 is 4.79 Å². The third-order valence-electron chi connectivity index (χ3n) is 1.19. The number of rotatable bonds is 0. The SMILES string of the molecule is Cc1nn(C(N)=O)c(=O)n1N. The number of hydrogen-bond donors (Lipinski definition) is 2. The Labute approximate surface area is 61.2 Å². The molecule has 0 unspecified atom stereocenters. The highest BCUT2D eigenvalue weighted by atomic mass is 16.2. The van der Waals surface area contributed by atoms with Crippen LogP contribution in [-0.2, 0) is 0 Å². The van der Waals surface area contributed by atoms with Gasteiger partial charge in [-0.1, -0.05) is 0 Å². The summed E-state index contributed by atoms with van der Waals surface area (Å²) in [4.78, 5) is 21.3. The highest BCUT2D eigenvalue weighted by Crippen LogP contribution is 1.80. The predicted molar refractivity (Wildman–Crippen MR) is 36.4 cm³/mol. The van der Waals surface area contributed by atoms with Crippen LogP contribution in [-0.4, -0.2) is 20.5 Å².